The molecule has 1 saturated heterocycles. The first-order valence-electron chi connectivity index (χ1n) is 7.45. The minimum Gasteiger partial charge on any atom is -0.464 e. The molecular weight excluding hydrogens is 380 g/mol. The van der Waals surface area contributed by atoms with Crippen LogP contribution in [0.4, 0.5) is 9.93 Å². The molecule has 0 saturated carbocycles. The zero-order valence-electron chi connectivity index (χ0n) is 13.6. The highest BCUT2D eigenvalue weighted by atomic mass is 32.1. The maximum absolute atomic E-state index is 12.7. The Morgan fingerprint density at radius 2 is 2.23 bits per heavy atom. The second-order valence-corrected chi connectivity index (χ2v) is 6.93. The first-order chi connectivity index (χ1) is 12.5. The van der Waals surface area contributed by atoms with Gasteiger partial charge in [-0.25, -0.2) is 19.5 Å². The number of nitrogens with one attached hydrogen (secondary N) is 2. The van der Waals surface area contributed by atoms with Gasteiger partial charge in [0.2, 0.25) is 5.91 Å². The van der Waals surface area contributed by atoms with Crippen molar-refractivity contribution in [3.63, 3.8) is 0 Å². The SMILES string of the molecule is COC(=O)c1csc(NC(=O)C(Cc2ccsc2)N2C(=O)CNC2=O)n1. The molecule has 11 heteroatoms. The Bertz CT molecular complexity index is 832. The highest BCUT2D eigenvalue weighted by Crippen LogP contribution is 2.20. The number of hydrogen-bond donors (Lipinski definition) is 2. The lowest BCUT2D eigenvalue weighted by Gasteiger charge is -2.23. The van der Waals surface area contributed by atoms with Crippen molar-refractivity contribution >= 4 is 51.6 Å². The number of nitrogens with zero attached hydrogens (tertiary/aromatic N) is 2. The Morgan fingerprint density at radius 3 is 2.85 bits per heavy atom. The summed E-state index contributed by atoms with van der Waals surface area (Å²) in [6.45, 7) is -0.143. The van der Waals surface area contributed by atoms with Gasteiger partial charge in [0, 0.05) is 11.8 Å². The smallest absolute Gasteiger partial charge is 0.357 e. The Hall–Kier alpha value is -2.79. The van der Waals surface area contributed by atoms with E-state index in [1.54, 1.807) is 0 Å². The second-order valence-electron chi connectivity index (χ2n) is 5.29. The molecule has 0 aromatic carbocycles. The van der Waals surface area contributed by atoms with Crippen LogP contribution in [-0.2, 0) is 20.7 Å². The third-order valence-electron chi connectivity index (χ3n) is 3.63. The molecule has 4 amide bonds. The van der Waals surface area contributed by atoms with E-state index in [2.05, 4.69) is 20.4 Å². The van der Waals surface area contributed by atoms with Crippen LogP contribution in [0.25, 0.3) is 0 Å². The van der Waals surface area contributed by atoms with Gasteiger partial charge in [0.05, 0.1) is 13.7 Å². The van der Waals surface area contributed by atoms with Crippen LogP contribution in [0, 0.1) is 0 Å². The van der Waals surface area contributed by atoms with Crippen molar-refractivity contribution in [1.82, 2.24) is 15.2 Å². The van der Waals surface area contributed by atoms with Crippen LogP contribution in [0.2, 0.25) is 0 Å². The normalized spacial score (nSPS) is 14.9. The lowest BCUT2D eigenvalue weighted by Crippen LogP contribution is -2.48. The molecule has 2 aromatic heterocycles. The van der Waals surface area contributed by atoms with Crippen LogP contribution in [-0.4, -0.2) is 53.4 Å². The molecule has 1 fully saturated rings. The van der Waals surface area contributed by atoms with E-state index in [0.29, 0.717) is 0 Å². The van der Waals surface area contributed by atoms with Crippen molar-refractivity contribution in [2.24, 2.45) is 0 Å². The van der Waals surface area contributed by atoms with Gasteiger partial charge in [0.25, 0.3) is 5.91 Å². The van der Waals surface area contributed by atoms with Gasteiger partial charge in [-0.2, -0.15) is 11.3 Å². The number of carbonyl (C=O) groups is 4. The van der Waals surface area contributed by atoms with Gasteiger partial charge in [-0.15, -0.1) is 11.3 Å². The first kappa shape index (κ1) is 18.0. The number of imide groups is 1. The molecule has 1 atom stereocenters. The van der Waals surface area contributed by atoms with Gasteiger partial charge in [-0.1, -0.05) is 0 Å². The van der Waals surface area contributed by atoms with Crippen LogP contribution < -0.4 is 10.6 Å². The number of hydrogen-bond acceptors (Lipinski definition) is 8. The molecule has 1 aliphatic heterocycles. The number of thiophene rings is 1. The van der Waals surface area contributed by atoms with Crippen molar-refractivity contribution in [3.8, 4) is 0 Å². The summed E-state index contributed by atoms with van der Waals surface area (Å²) >= 11 is 2.50. The van der Waals surface area contributed by atoms with Crippen LogP contribution in [0.1, 0.15) is 16.1 Å². The maximum atomic E-state index is 12.7. The van der Waals surface area contributed by atoms with Gasteiger partial charge in [-0.3, -0.25) is 9.59 Å². The van der Waals surface area contributed by atoms with Crippen molar-refractivity contribution < 1.29 is 23.9 Å². The Kier molecular flexibility index (Phi) is 5.28. The van der Waals surface area contributed by atoms with E-state index in [0.717, 1.165) is 21.8 Å². The summed E-state index contributed by atoms with van der Waals surface area (Å²) in [6, 6.07) is 0.187. The summed E-state index contributed by atoms with van der Waals surface area (Å²) in [5.74, 6) is -1.65. The fraction of sp³-hybridized carbons (Fsp3) is 0.267. The van der Waals surface area contributed by atoms with Crippen LogP contribution >= 0.6 is 22.7 Å². The molecule has 2 aromatic rings. The second kappa shape index (κ2) is 7.62. The molecule has 0 bridgehead atoms. The summed E-state index contributed by atoms with van der Waals surface area (Å²) in [6.07, 6.45) is 0.184. The Labute approximate surface area is 156 Å². The van der Waals surface area contributed by atoms with Crippen LogP contribution in [0.5, 0.6) is 0 Å². The lowest BCUT2D eigenvalue weighted by atomic mass is 10.1. The van der Waals surface area contributed by atoms with Crippen molar-refractivity contribution in [2.75, 3.05) is 19.0 Å². The first-order valence-corrected chi connectivity index (χ1v) is 9.27. The third kappa shape index (κ3) is 3.73. The number of ether oxygens (including phenoxy) is 1. The molecule has 1 unspecified atom stereocenters. The molecular formula is C15H14N4O5S2. The molecule has 9 nitrogen and oxygen atoms in total. The number of rotatable bonds is 6. The zero-order valence-corrected chi connectivity index (χ0v) is 15.2. The number of methoxy groups -OCH3 is 1. The number of aromatic nitrogens is 1. The van der Waals surface area contributed by atoms with E-state index in [-0.39, 0.29) is 23.8 Å². The molecule has 2 N–H and O–H groups in total. The highest BCUT2D eigenvalue weighted by molar-refractivity contribution is 7.14. The van der Waals surface area contributed by atoms with E-state index in [1.165, 1.54) is 23.8 Å². The summed E-state index contributed by atoms with van der Waals surface area (Å²) < 4.78 is 4.57. The fourth-order valence-corrected chi connectivity index (χ4v) is 3.77. The maximum Gasteiger partial charge on any atom is 0.357 e. The minimum atomic E-state index is -1.02. The van der Waals surface area contributed by atoms with E-state index in [4.69, 9.17) is 0 Å². The van der Waals surface area contributed by atoms with Crippen molar-refractivity contribution in [2.45, 2.75) is 12.5 Å². The van der Waals surface area contributed by atoms with Gasteiger partial charge >= 0.3 is 12.0 Å². The minimum absolute atomic E-state index is 0.0668. The number of anilines is 1. The van der Waals surface area contributed by atoms with Gasteiger partial charge < -0.3 is 15.4 Å². The lowest BCUT2D eigenvalue weighted by molar-refractivity contribution is -0.132. The van der Waals surface area contributed by atoms with E-state index < -0.39 is 29.9 Å². The Balaban J connectivity index is 1.80. The fourth-order valence-electron chi connectivity index (χ4n) is 2.40. The molecule has 3 heterocycles. The number of urea groups is 1. The number of thiazole rings is 1. The van der Waals surface area contributed by atoms with E-state index >= 15 is 0 Å². The molecule has 0 radical (unpaired) electrons. The monoisotopic (exact) mass is 394 g/mol. The van der Waals surface area contributed by atoms with Crippen molar-refractivity contribution in [3.05, 3.63) is 33.5 Å². The summed E-state index contributed by atoms with van der Waals surface area (Å²) in [4.78, 5) is 53.1. The molecule has 136 valence electrons. The summed E-state index contributed by atoms with van der Waals surface area (Å²) in [7, 11) is 1.23. The van der Waals surface area contributed by atoms with Gasteiger partial charge in [0.1, 0.15) is 6.04 Å². The van der Waals surface area contributed by atoms with Crippen LogP contribution in [0.15, 0.2) is 22.2 Å². The molecule has 0 aliphatic carbocycles. The van der Waals surface area contributed by atoms with E-state index in [1.807, 2.05) is 16.8 Å². The van der Waals surface area contributed by atoms with Crippen LogP contribution in [0.3, 0.4) is 0 Å². The predicted molar refractivity (Wildman–Crippen MR) is 94.1 cm³/mol. The molecule has 0 spiro atoms. The summed E-state index contributed by atoms with van der Waals surface area (Å²) in [5, 5.41) is 10.3. The van der Waals surface area contributed by atoms with Gasteiger partial charge in [-0.05, 0) is 22.4 Å². The highest BCUT2D eigenvalue weighted by Gasteiger charge is 2.39. The Morgan fingerprint density at radius 1 is 1.42 bits per heavy atom. The van der Waals surface area contributed by atoms with Gasteiger partial charge in [0.15, 0.2) is 10.8 Å². The zero-order chi connectivity index (χ0) is 18.7. The quantitative estimate of drug-likeness (QED) is 0.559. The van der Waals surface area contributed by atoms with E-state index in [9.17, 15) is 19.2 Å². The standard InChI is InChI=1S/C15H14N4O5S2/c1-24-13(22)9-7-26-14(17-9)18-12(21)10(4-8-2-3-25-6-8)19-11(20)5-16-15(19)23/h2-3,6-7,10H,4-5H2,1H3,(H,16,23)(H,17,18,21). The molecule has 1 aliphatic rings. The topological polar surface area (TPSA) is 118 Å². The summed E-state index contributed by atoms with van der Waals surface area (Å²) in [5.41, 5.74) is 0.897. The number of amides is 4. The number of carbonyl (C=O) groups excluding carboxylic acids is 4. The predicted octanol–water partition coefficient (Wildman–Crippen LogP) is 1.09. The average Bonchev–Trinajstić information content (AvgIpc) is 3.35. The largest absolute Gasteiger partial charge is 0.464 e. The molecule has 26 heavy (non-hydrogen) atoms. The molecule has 3 rings (SSSR count). The number of esters is 1. The third-order valence-corrected chi connectivity index (χ3v) is 5.12. The average molecular weight is 394 g/mol. The van der Waals surface area contributed by atoms with Crippen molar-refractivity contribution in [1.29, 1.82) is 0 Å².